The SMILES string of the molecule is C=C(C)CN(CC)C(=O)CSc1nnc(-c2ccccc2OC)n1N. The van der Waals surface area contributed by atoms with Crippen LogP contribution >= 0.6 is 11.8 Å². The van der Waals surface area contributed by atoms with Crippen molar-refractivity contribution in [1.29, 1.82) is 0 Å². The second kappa shape index (κ2) is 8.57. The molecule has 0 spiro atoms. The van der Waals surface area contributed by atoms with E-state index in [0.717, 1.165) is 11.1 Å². The Hall–Kier alpha value is -2.48. The number of methoxy groups -OCH3 is 1. The van der Waals surface area contributed by atoms with Gasteiger partial charge in [0.05, 0.1) is 18.4 Å². The van der Waals surface area contributed by atoms with Crippen LogP contribution in [0.25, 0.3) is 11.4 Å². The van der Waals surface area contributed by atoms with Gasteiger partial charge in [0.2, 0.25) is 11.1 Å². The summed E-state index contributed by atoms with van der Waals surface area (Å²) in [5, 5.41) is 8.70. The van der Waals surface area contributed by atoms with E-state index in [2.05, 4.69) is 16.8 Å². The van der Waals surface area contributed by atoms with Crippen LogP contribution in [0.4, 0.5) is 0 Å². The smallest absolute Gasteiger partial charge is 0.233 e. The topological polar surface area (TPSA) is 86.3 Å². The number of hydrogen-bond donors (Lipinski definition) is 1. The van der Waals surface area contributed by atoms with Crippen LogP contribution < -0.4 is 10.6 Å². The number of nitrogen functional groups attached to an aromatic ring is 1. The molecule has 0 saturated heterocycles. The lowest BCUT2D eigenvalue weighted by Gasteiger charge is -2.20. The zero-order valence-corrected chi connectivity index (χ0v) is 15.5. The molecule has 2 rings (SSSR count). The number of amides is 1. The molecule has 0 aliphatic heterocycles. The van der Waals surface area contributed by atoms with Gasteiger partial charge in [0.15, 0.2) is 5.82 Å². The van der Waals surface area contributed by atoms with E-state index in [0.29, 0.717) is 29.8 Å². The highest BCUT2D eigenvalue weighted by Crippen LogP contribution is 2.29. The quantitative estimate of drug-likeness (QED) is 0.441. The van der Waals surface area contributed by atoms with Crippen molar-refractivity contribution in [2.24, 2.45) is 0 Å². The van der Waals surface area contributed by atoms with Gasteiger partial charge in [-0.3, -0.25) is 4.79 Å². The molecule has 0 saturated carbocycles. The van der Waals surface area contributed by atoms with Crippen LogP contribution in [0.5, 0.6) is 5.75 Å². The number of carbonyl (C=O) groups excluding carboxylic acids is 1. The molecule has 0 unspecified atom stereocenters. The van der Waals surface area contributed by atoms with Crippen molar-refractivity contribution >= 4 is 17.7 Å². The van der Waals surface area contributed by atoms with Crippen LogP contribution in [0, 0.1) is 0 Å². The maximum absolute atomic E-state index is 12.3. The van der Waals surface area contributed by atoms with E-state index in [9.17, 15) is 4.79 Å². The third-order valence-electron chi connectivity index (χ3n) is 3.53. The lowest BCUT2D eigenvalue weighted by atomic mass is 10.2. The van der Waals surface area contributed by atoms with Gasteiger partial charge in [-0.15, -0.1) is 10.2 Å². The number of carbonyl (C=O) groups is 1. The Morgan fingerprint density at radius 2 is 2.12 bits per heavy atom. The molecule has 2 N–H and O–H groups in total. The van der Waals surface area contributed by atoms with Crippen molar-refractivity contribution < 1.29 is 9.53 Å². The summed E-state index contributed by atoms with van der Waals surface area (Å²) in [5.74, 6) is 7.51. The lowest BCUT2D eigenvalue weighted by molar-refractivity contribution is -0.127. The number of aromatic nitrogens is 3. The van der Waals surface area contributed by atoms with Gasteiger partial charge >= 0.3 is 0 Å². The first-order valence-electron chi connectivity index (χ1n) is 7.86. The summed E-state index contributed by atoms with van der Waals surface area (Å²) < 4.78 is 6.71. The van der Waals surface area contributed by atoms with Gasteiger partial charge in [0, 0.05) is 13.1 Å². The number of thioether (sulfide) groups is 1. The fraction of sp³-hybridized carbons (Fsp3) is 0.353. The second-order valence-corrected chi connectivity index (χ2v) is 6.47. The van der Waals surface area contributed by atoms with Crippen LogP contribution in [0.15, 0.2) is 41.6 Å². The van der Waals surface area contributed by atoms with Crippen LogP contribution in [-0.2, 0) is 4.79 Å². The first kappa shape index (κ1) is 18.9. The Morgan fingerprint density at radius 1 is 1.40 bits per heavy atom. The molecule has 1 aromatic heterocycles. The number of nitrogens with zero attached hydrogens (tertiary/aromatic N) is 4. The first-order valence-corrected chi connectivity index (χ1v) is 8.85. The summed E-state index contributed by atoms with van der Waals surface area (Å²) in [7, 11) is 1.59. The average Bonchev–Trinajstić information content (AvgIpc) is 2.97. The molecule has 134 valence electrons. The van der Waals surface area contributed by atoms with Gasteiger partial charge in [-0.25, -0.2) is 4.68 Å². The zero-order valence-electron chi connectivity index (χ0n) is 14.7. The molecule has 1 aromatic carbocycles. The molecule has 8 heteroatoms. The predicted molar refractivity (Wildman–Crippen MR) is 100.0 cm³/mol. The molecule has 0 aliphatic carbocycles. The van der Waals surface area contributed by atoms with E-state index in [1.54, 1.807) is 12.0 Å². The summed E-state index contributed by atoms with van der Waals surface area (Å²) in [6, 6.07) is 7.43. The van der Waals surface area contributed by atoms with E-state index in [1.165, 1.54) is 16.4 Å². The van der Waals surface area contributed by atoms with Crippen molar-refractivity contribution in [3.8, 4) is 17.1 Å². The van der Waals surface area contributed by atoms with E-state index < -0.39 is 0 Å². The number of benzene rings is 1. The van der Waals surface area contributed by atoms with Crippen LogP contribution in [0.2, 0.25) is 0 Å². The second-order valence-electron chi connectivity index (χ2n) is 5.53. The largest absolute Gasteiger partial charge is 0.496 e. The Kier molecular flexibility index (Phi) is 6.46. The normalized spacial score (nSPS) is 10.5. The number of likely N-dealkylation sites (N-methyl/N-ethyl adjacent to an activating group) is 1. The molecule has 25 heavy (non-hydrogen) atoms. The highest BCUT2D eigenvalue weighted by molar-refractivity contribution is 7.99. The summed E-state index contributed by atoms with van der Waals surface area (Å²) in [5.41, 5.74) is 1.69. The maximum Gasteiger partial charge on any atom is 0.233 e. The minimum atomic E-state index is 0.0114. The Balaban J connectivity index is 2.11. The Morgan fingerprint density at radius 3 is 2.76 bits per heavy atom. The fourth-order valence-corrected chi connectivity index (χ4v) is 3.07. The minimum absolute atomic E-state index is 0.0114. The standard InChI is InChI=1S/C17H23N5O2S/c1-5-21(10-12(2)3)15(23)11-25-17-20-19-16(22(17)18)13-8-6-7-9-14(13)24-4/h6-9H,2,5,10-11,18H2,1,3-4H3. The van der Waals surface area contributed by atoms with E-state index in [4.69, 9.17) is 10.6 Å². The number of rotatable bonds is 8. The number of hydrogen-bond acceptors (Lipinski definition) is 6. The van der Waals surface area contributed by atoms with Crippen molar-refractivity contribution in [2.45, 2.75) is 19.0 Å². The number of para-hydroxylation sites is 1. The van der Waals surface area contributed by atoms with Gasteiger partial charge in [-0.2, -0.15) is 0 Å². The zero-order chi connectivity index (χ0) is 18.4. The van der Waals surface area contributed by atoms with Gasteiger partial charge in [0.1, 0.15) is 5.75 Å². The highest BCUT2D eigenvalue weighted by Gasteiger charge is 2.18. The summed E-state index contributed by atoms with van der Waals surface area (Å²) in [6.45, 7) is 8.88. The van der Waals surface area contributed by atoms with E-state index in [-0.39, 0.29) is 11.7 Å². The third kappa shape index (κ3) is 4.54. The minimum Gasteiger partial charge on any atom is -0.496 e. The molecule has 0 radical (unpaired) electrons. The van der Waals surface area contributed by atoms with Crippen molar-refractivity contribution in [3.05, 3.63) is 36.4 Å². The third-order valence-corrected chi connectivity index (χ3v) is 4.46. The monoisotopic (exact) mass is 361 g/mol. The van der Waals surface area contributed by atoms with Gasteiger partial charge in [-0.1, -0.05) is 36.0 Å². The van der Waals surface area contributed by atoms with Crippen molar-refractivity contribution in [2.75, 3.05) is 31.8 Å². The molecule has 2 aromatic rings. The molecular weight excluding hydrogens is 338 g/mol. The molecule has 0 aliphatic rings. The molecule has 0 fully saturated rings. The molecule has 1 amide bonds. The van der Waals surface area contributed by atoms with Gasteiger partial charge in [-0.05, 0) is 26.0 Å². The molecule has 7 nitrogen and oxygen atoms in total. The Labute approximate surface area is 151 Å². The molecule has 1 heterocycles. The maximum atomic E-state index is 12.3. The van der Waals surface area contributed by atoms with Crippen molar-refractivity contribution in [1.82, 2.24) is 19.8 Å². The molecule has 0 atom stereocenters. The fourth-order valence-electron chi connectivity index (χ4n) is 2.31. The van der Waals surface area contributed by atoms with Gasteiger partial charge in [0.25, 0.3) is 0 Å². The lowest BCUT2D eigenvalue weighted by Crippen LogP contribution is -2.33. The van der Waals surface area contributed by atoms with Gasteiger partial charge < -0.3 is 15.5 Å². The van der Waals surface area contributed by atoms with E-state index in [1.807, 2.05) is 38.1 Å². The average molecular weight is 361 g/mol. The van der Waals surface area contributed by atoms with Crippen LogP contribution in [0.1, 0.15) is 13.8 Å². The van der Waals surface area contributed by atoms with Crippen LogP contribution in [-0.4, -0.2) is 51.6 Å². The predicted octanol–water partition coefficient (Wildman–Crippen LogP) is 2.18. The van der Waals surface area contributed by atoms with E-state index >= 15 is 0 Å². The summed E-state index contributed by atoms with van der Waals surface area (Å²) in [4.78, 5) is 14.1. The Bertz CT molecular complexity index is 759. The summed E-state index contributed by atoms with van der Waals surface area (Å²) in [6.07, 6.45) is 0. The highest BCUT2D eigenvalue weighted by atomic mass is 32.2. The molecule has 0 bridgehead atoms. The van der Waals surface area contributed by atoms with Crippen LogP contribution in [0.3, 0.4) is 0 Å². The first-order chi connectivity index (χ1) is 12.0. The summed E-state index contributed by atoms with van der Waals surface area (Å²) >= 11 is 1.26. The van der Waals surface area contributed by atoms with Crippen molar-refractivity contribution in [3.63, 3.8) is 0 Å². The number of ether oxygens (including phenoxy) is 1. The number of nitrogens with two attached hydrogens (primary N) is 1. The molecular formula is C17H23N5O2S.